The lowest BCUT2D eigenvalue weighted by Crippen LogP contribution is -2.43. The standard InChI is InChI=1S/C31H33FN4O8S/c1-30(2)29-34-25(26(28(39)35(29)13-14-43-30)42-18-19-7-5-4-6-8-19)27(38)33-17-20-9-10-21(32)15-22(20)36-24(37)11-12-31(36)16-23(31)44-45(3,40)41/h4-10,15,23H,11-14,16-18H2,1-3H3,(H,33,38)/t23-,31?/m1/s1. The molecule has 2 fully saturated rings. The zero-order valence-electron chi connectivity index (χ0n) is 25.0. The van der Waals surface area contributed by atoms with E-state index in [1.54, 1.807) is 13.8 Å². The molecule has 1 aromatic heterocycles. The molecule has 3 aliphatic rings. The Bertz CT molecular complexity index is 1850. The summed E-state index contributed by atoms with van der Waals surface area (Å²) in [5.41, 5.74) is -1.25. The maximum absolute atomic E-state index is 14.6. The van der Waals surface area contributed by atoms with Crippen molar-refractivity contribution in [2.24, 2.45) is 0 Å². The van der Waals surface area contributed by atoms with Crippen molar-refractivity contribution in [1.82, 2.24) is 14.9 Å². The largest absolute Gasteiger partial charge is 0.481 e. The van der Waals surface area contributed by atoms with E-state index < -0.39 is 44.6 Å². The minimum Gasteiger partial charge on any atom is -0.481 e. The van der Waals surface area contributed by atoms with E-state index in [-0.39, 0.29) is 68.0 Å². The number of amides is 2. The average Bonchev–Trinajstić information content (AvgIpc) is 3.54. The van der Waals surface area contributed by atoms with Gasteiger partial charge in [-0.15, -0.1) is 0 Å². The molecule has 6 rings (SSSR count). The van der Waals surface area contributed by atoms with E-state index in [9.17, 15) is 27.2 Å². The Labute approximate surface area is 259 Å². The predicted molar refractivity (Wildman–Crippen MR) is 160 cm³/mol. The third kappa shape index (κ3) is 5.97. The van der Waals surface area contributed by atoms with Gasteiger partial charge in [-0.1, -0.05) is 36.4 Å². The molecule has 1 saturated carbocycles. The number of hydrogen-bond acceptors (Lipinski definition) is 9. The number of benzene rings is 2. The molecular formula is C31H33FN4O8S. The van der Waals surface area contributed by atoms with Gasteiger partial charge in [0.05, 0.1) is 30.6 Å². The summed E-state index contributed by atoms with van der Waals surface area (Å²) in [4.78, 5) is 46.4. The van der Waals surface area contributed by atoms with Gasteiger partial charge in [-0.25, -0.2) is 9.37 Å². The van der Waals surface area contributed by atoms with Crippen LogP contribution in [0.4, 0.5) is 10.1 Å². The first-order chi connectivity index (χ1) is 21.3. The highest BCUT2D eigenvalue weighted by Crippen LogP contribution is 2.54. The number of carbonyl (C=O) groups is 2. The number of nitrogens with one attached hydrogen (secondary N) is 1. The quantitative estimate of drug-likeness (QED) is 0.349. The van der Waals surface area contributed by atoms with Crippen LogP contribution < -0.4 is 20.5 Å². The van der Waals surface area contributed by atoms with E-state index in [2.05, 4.69) is 10.3 Å². The van der Waals surface area contributed by atoms with E-state index in [0.717, 1.165) is 11.8 Å². The summed E-state index contributed by atoms with van der Waals surface area (Å²) in [7, 11) is -3.79. The second-order valence-electron chi connectivity index (χ2n) is 12.0. The SMILES string of the molecule is CC1(C)OCCn2c1nc(C(=O)NCc1ccc(F)cc1N1C(=O)CCC13C[C@H]3OS(C)(=O)=O)c(OCc1ccccc1)c2=O. The zero-order chi connectivity index (χ0) is 32.1. The van der Waals surface area contributed by atoms with Gasteiger partial charge in [0, 0.05) is 19.4 Å². The van der Waals surface area contributed by atoms with Crippen molar-refractivity contribution in [3.8, 4) is 5.75 Å². The van der Waals surface area contributed by atoms with Crippen LogP contribution in [0.3, 0.4) is 0 Å². The normalized spacial score (nSPS) is 21.9. The van der Waals surface area contributed by atoms with Crippen molar-refractivity contribution in [1.29, 1.82) is 0 Å². The van der Waals surface area contributed by atoms with Crippen LogP contribution in [0.25, 0.3) is 0 Å². The van der Waals surface area contributed by atoms with E-state index in [4.69, 9.17) is 13.7 Å². The molecule has 238 valence electrons. The summed E-state index contributed by atoms with van der Waals surface area (Å²) >= 11 is 0. The van der Waals surface area contributed by atoms with Crippen molar-refractivity contribution < 1.29 is 36.1 Å². The lowest BCUT2D eigenvalue weighted by Gasteiger charge is -2.33. The van der Waals surface area contributed by atoms with Gasteiger partial charge in [-0.05, 0) is 43.5 Å². The Morgan fingerprint density at radius 2 is 1.93 bits per heavy atom. The first-order valence-electron chi connectivity index (χ1n) is 14.5. The number of aromatic nitrogens is 2. The maximum Gasteiger partial charge on any atom is 0.296 e. The molecule has 2 aliphatic heterocycles. The Morgan fingerprint density at radius 1 is 1.18 bits per heavy atom. The van der Waals surface area contributed by atoms with Crippen molar-refractivity contribution in [2.45, 2.75) is 70.1 Å². The van der Waals surface area contributed by atoms with Crippen molar-refractivity contribution in [3.63, 3.8) is 0 Å². The molecule has 45 heavy (non-hydrogen) atoms. The van der Waals surface area contributed by atoms with Gasteiger partial charge < -0.3 is 19.7 Å². The fourth-order valence-electron chi connectivity index (χ4n) is 6.09. The summed E-state index contributed by atoms with van der Waals surface area (Å²) in [6.45, 7) is 3.89. The van der Waals surface area contributed by atoms with Crippen LogP contribution in [0.2, 0.25) is 0 Å². The third-order valence-corrected chi connectivity index (χ3v) is 8.93. The molecule has 3 aromatic rings. The first-order valence-corrected chi connectivity index (χ1v) is 16.3. The highest BCUT2D eigenvalue weighted by atomic mass is 32.2. The monoisotopic (exact) mass is 640 g/mol. The lowest BCUT2D eigenvalue weighted by atomic mass is 10.1. The highest BCUT2D eigenvalue weighted by molar-refractivity contribution is 7.86. The average molecular weight is 641 g/mol. The molecule has 14 heteroatoms. The maximum atomic E-state index is 14.6. The molecule has 1 aliphatic carbocycles. The zero-order valence-corrected chi connectivity index (χ0v) is 25.9. The van der Waals surface area contributed by atoms with Gasteiger partial charge in [0.1, 0.15) is 30.0 Å². The van der Waals surface area contributed by atoms with Crippen LogP contribution in [-0.2, 0) is 49.1 Å². The summed E-state index contributed by atoms with van der Waals surface area (Å²) in [5.74, 6) is -1.59. The molecule has 0 radical (unpaired) electrons. The minimum atomic E-state index is -3.79. The molecule has 12 nitrogen and oxygen atoms in total. The fraction of sp³-hybridized carbons (Fsp3) is 0.419. The molecule has 1 spiro atoms. The number of carbonyl (C=O) groups excluding carboxylic acids is 2. The number of rotatable bonds is 9. The van der Waals surface area contributed by atoms with E-state index in [1.165, 1.54) is 27.7 Å². The summed E-state index contributed by atoms with van der Waals surface area (Å²) in [5, 5.41) is 2.75. The van der Waals surface area contributed by atoms with Gasteiger partial charge >= 0.3 is 0 Å². The molecule has 2 aromatic carbocycles. The van der Waals surface area contributed by atoms with Crippen molar-refractivity contribution in [2.75, 3.05) is 17.8 Å². The summed E-state index contributed by atoms with van der Waals surface area (Å²) in [6.07, 6.45) is 0.935. The first kappa shape index (κ1) is 30.9. The van der Waals surface area contributed by atoms with Crippen LogP contribution in [-0.4, -0.2) is 54.3 Å². The molecule has 2 atom stereocenters. The van der Waals surface area contributed by atoms with E-state index in [1.807, 2.05) is 30.3 Å². The van der Waals surface area contributed by atoms with E-state index >= 15 is 0 Å². The van der Waals surface area contributed by atoms with Gasteiger partial charge in [-0.2, -0.15) is 8.42 Å². The Morgan fingerprint density at radius 3 is 2.67 bits per heavy atom. The molecule has 1 saturated heterocycles. The Hall–Kier alpha value is -4.14. The smallest absolute Gasteiger partial charge is 0.296 e. The second kappa shape index (κ2) is 11.3. The molecule has 3 heterocycles. The molecule has 1 N–H and O–H groups in total. The third-order valence-electron chi connectivity index (χ3n) is 8.35. The van der Waals surface area contributed by atoms with Crippen LogP contribution in [0.15, 0.2) is 53.3 Å². The van der Waals surface area contributed by atoms with Crippen LogP contribution >= 0.6 is 0 Å². The minimum absolute atomic E-state index is 0.0231. The van der Waals surface area contributed by atoms with Crippen LogP contribution in [0.1, 0.15) is 60.5 Å². The number of hydrogen-bond donors (Lipinski definition) is 1. The fourth-order valence-corrected chi connectivity index (χ4v) is 6.76. The van der Waals surface area contributed by atoms with Crippen molar-refractivity contribution >= 4 is 27.6 Å². The Kier molecular flexibility index (Phi) is 7.78. The number of ether oxygens (including phenoxy) is 2. The highest BCUT2D eigenvalue weighted by Gasteiger charge is 2.65. The second-order valence-corrected chi connectivity index (χ2v) is 13.6. The number of fused-ring (bicyclic) bond motifs is 1. The number of halogens is 1. The topological polar surface area (TPSA) is 146 Å². The number of nitrogens with zero attached hydrogens (tertiary/aromatic N) is 3. The van der Waals surface area contributed by atoms with Gasteiger partial charge in [0.15, 0.2) is 5.69 Å². The van der Waals surface area contributed by atoms with Gasteiger partial charge in [0.2, 0.25) is 11.7 Å². The summed E-state index contributed by atoms with van der Waals surface area (Å²) in [6, 6.07) is 13.0. The van der Waals surface area contributed by atoms with Crippen molar-refractivity contribution in [3.05, 3.63) is 87.3 Å². The lowest BCUT2D eigenvalue weighted by molar-refractivity contribution is -0.117. The molecular weight excluding hydrogens is 607 g/mol. The van der Waals surface area contributed by atoms with E-state index in [0.29, 0.717) is 12.0 Å². The summed E-state index contributed by atoms with van der Waals surface area (Å²) < 4.78 is 56.6. The number of anilines is 1. The van der Waals surface area contributed by atoms with Gasteiger partial charge in [-0.3, -0.25) is 23.1 Å². The van der Waals surface area contributed by atoms with Gasteiger partial charge in [0.25, 0.3) is 21.6 Å². The Balaban J connectivity index is 1.31. The molecule has 0 bridgehead atoms. The predicted octanol–water partition coefficient (Wildman–Crippen LogP) is 2.77. The van der Waals surface area contributed by atoms with Crippen LogP contribution in [0.5, 0.6) is 5.75 Å². The van der Waals surface area contributed by atoms with Crippen LogP contribution in [0, 0.1) is 5.82 Å². The molecule has 2 amide bonds. The molecule has 1 unspecified atom stereocenters.